The molecule has 0 N–H and O–H groups in total. The number of nitrogens with zero attached hydrogens (tertiary/aromatic N) is 2. The molecule has 16 heavy (non-hydrogen) atoms. The molecule has 0 saturated heterocycles. The highest BCUT2D eigenvalue weighted by molar-refractivity contribution is 9.10. The zero-order valence-corrected chi connectivity index (χ0v) is 12.2. The summed E-state index contributed by atoms with van der Waals surface area (Å²) in [5.74, 6) is 0. The average molecular weight is 299 g/mol. The summed E-state index contributed by atoms with van der Waals surface area (Å²) >= 11 is 5.33. The summed E-state index contributed by atoms with van der Waals surface area (Å²) in [7, 11) is 0. The van der Waals surface area contributed by atoms with Crippen LogP contribution in [0.1, 0.15) is 28.8 Å². The molecule has 0 spiro atoms. The maximum absolute atomic E-state index is 4.60. The van der Waals surface area contributed by atoms with Crippen LogP contribution in [0.25, 0.3) is 0 Å². The van der Waals surface area contributed by atoms with Gasteiger partial charge in [0.25, 0.3) is 0 Å². The molecule has 0 aliphatic rings. The van der Waals surface area contributed by atoms with E-state index in [1.54, 1.807) is 11.3 Å². The molecule has 0 aliphatic carbocycles. The molecular formula is C12H15BrN2S. The zero-order chi connectivity index (χ0) is 11.7. The molecule has 0 amide bonds. The lowest BCUT2D eigenvalue weighted by Gasteiger charge is -2.03. The zero-order valence-electron chi connectivity index (χ0n) is 9.75. The standard InChI is InChI=1S/C12H15BrN2S/c1-4-10-8(2)14-15(9(10)3)7-12-11(13)5-6-16-12/h5-6H,4,7H2,1-3H3. The molecule has 86 valence electrons. The van der Waals surface area contributed by atoms with Gasteiger partial charge in [-0.1, -0.05) is 6.92 Å². The first-order valence-electron chi connectivity index (χ1n) is 5.38. The Labute approximate surface area is 108 Å². The van der Waals surface area contributed by atoms with Crippen LogP contribution in [-0.4, -0.2) is 9.78 Å². The third kappa shape index (κ3) is 2.09. The molecule has 0 aromatic carbocycles. The Hall–Kier alpha value is -0.610. The van der Waals surface area contributed by atoms with Crippen molar-refractivity contribution in [3.05, 3.63) is 37.7 Å². The first-order valence-corrected chi connectivity index (χ1v) is 7.05. The lowest BCUT2D eigenvalue weighted by molar-refractivity contribution is 0.663. The van der Waals surface area contributed by atoms with Crippen molar-refractivity contribution in [1.82, 2.24) is 9.78 Å². The highest BCUT2D eigenvalue weighted by Crippen LogP contribution is 2.24. The summed E-state index contributed by atoms with van der Waals surface area (Å²) in [5, 5.41) is 6.70. The number of aromatic nitrogens is 2. The summed E-state index contributed by atoms with van der Waals surface area (Å²) in [6.45, 7) is 7.29. The Kier molecular flexibility index (Phi) is 3.50. The van der Waals surface area contributed by atoms with Crippen LogP contribution in [0.2, 0.25) is 0 Å². The van der Waals surface area contributed by atoms with Gasteiger partial charge in [0.1, 0.15) is 0 Å². The Balaban J connectivity index is 2.32. The molecule has 0 radical (unpaired) electrons. The van der Waals surface area contributed by atoms with E-state index in [1.807, 2.05) is 0 Å². The molecule has 2 rings (SSSR count). The lowest BCUT2D eigenvalue weighted by Crippen LogP contribution is -2.03. The van der Waals surface area contributed by atoms with Gasteiger partial charge in [0.15, 0.2) is 0 Å². The first-order chi connectivity index (χ1) is 7.63. The monoisotopic (exact) mass is 298 g/mol. The molecule has 0 atom stereocenters. The number of aryl methyl sites for hydroxylation is 1. The molecule has 0 saturated carbocycles. The molecule has 2 aromatic rings. The van der Waals surface area contributed by atoms with Crippen molar-refractivity contribution in [1.29, 1.82) is 0 Å². The SMILES string of the molecule is CCc1c(C)nn(Cc2sccc2Br)c1C. The molecule has 2 heterocycles. The maximum Gasteiger partial charge on any atom is 0.0766 e. The summed E-state index contributed by atoms with van der Waals surface area (Å²) in [5.41, 5.74) is 3.83. The van der Waals surface area contributed by atoms with E-state index >= 15 is 0 Å². The highest BCUT2D eigenvalue weighted by Gasteiger charge is 2.11. The van der Waals surface area contributed by atoms with Crippen molar-refractivity contribution in [3.8, 4) is 0 Å². The topological polar surface area (TPSA) is 17.8 Å². The molecule has 0 unspecified atom stereocenters. The summed E-state index contributed by atoms with van der Waals surface area (Å²) < 4.78 is 3.29. The van der Waals surface area contributed by atoms with Crippen LogP contribution in [0.15, 0.2) is 15.9 Å². The summed E-state index contributed by atoms with van der Waals surface area (Å²) in [6, 6.07) is 2.09. The minimum Gasteiger partial charge on any atom is -0.264 e. The van der Waals surface area contributed by atoms with E-state index in [2.05, 4.69) is 57.9 Å². The molecule has 0 bridgehead atoms. The second-order valence-electron chi connectivity index (χ2n) is 3.85. The second-order valence-corrected chi connectivity index (χ2v) is 5.71. The second kappa shape index (κ2) is 4.72. The number of thiophene rings is 1. The minimum atomic E-state index is 0.866. The molecule has 4 heteroatoms. The number of hydrogen-bond acceptors (Lipinski definition) is 2. The quantitative estimate of drug-likeness (QED) is 0.839. The van der Waals surface area contributed by atoms with Gasteiger partial charge < -0.3 is 0 Å². The van der Waals surface area contributed by atoms with Gasteiger partial charge in [0.2, 0.25) is 0 Å². The Bertz CT molecular complexity index is 499. The largest absolute Gasteiger partial charge is 0.264 e. The van der Waals surface area contributed by atoms with Crippen LogP contribution >= 0.6 is 27.3 Å². The van der Waals surface area contributed by atoms with Crippen LogP contribution in [0.4, 0.5) is 0 Å². The van der Waals surface area contributed by atoms with Gasteiger partial charge in [0.05, 0.1) is 12.2 Å². The van der Waals surface area contributed by atoms with E-state index < -0.39 is 0 Å². The van der Waals surface area contributed by atoms with Gasteiger partial charge in [-0.25, -0.2) is 0 Å². The molecule has 2 aromatic heterocycles. The molecule has 0 fully saturated rings. The lowest BCUT2D eigenvalue weighted by atomic mass is 10.1. The summed E-state index contributed by atoms with van der Waals surface area (Å²) in [4.78, 5) is 1.33. The van der Waals surface area contributed by atoms with E-state index in [0.29, 0.717) is 0 Å². The van der Waals surface area contributed by atoms with Crippen molar-refractivity contribution in [3.63, 3.8) is 0 Å². The fraction of sp³-hybridized carbons (Fsp3) is 0.417. The van der Waals surface area contributed by atoms with Crippen LogP contribution < -0.4 is 0 Å². The Morgan fingerprint density at radius 2 is 2.19 bits per heavy atom. The van der Waals surface area contributed by atoms with Crippen LogP contribution in [0, 0.1) is 13.8 Å². The van der Waals surface area contributed by atoms with Gasteiger partial charge in [-0.15, -0.1) is 11.3 Å². The average Bonchev–Trinajstić information content (AvgIpc) is 2.74. The highest BCUT2D eigenvalue weighted by atomic mass is 79.9. The fourth-order valence-electron chi connectivity index (χ4n) is 1.97. The van der Waals surface area contributed by atoms with Crippen molar-refractivity contribution in [2.45, 2.75) is 33.7 Å². The predicted octanol–water partition coefficient (Wildman–Crippen LogP) is 3.93. The van der Waals surface area contributed by atoms with E-state index in [0.717, 1.165) is 18.7 Å². The van der Waals surface area contributed by atoms with Gasteiger partial charge in [-0.2, -0.15) is 5.10 Å². The predicted molar refractivity (Wildman–Crippen MR) is 72.2 cm³/mol. The minimum absolute atomic E-state index is 0.866. The van der Waals surface area contributed by atoms with Gasteiger partial charge in [-0.3, -0.25) is 4.68 Å². The normalized spacial score (nSPS) is 11.0. The summed E-state index contributed by atoms with van der Waals surface area (Å²) in [6.07, 6.45) is 1.06. The Morgan fingerprint density at radius 1 is 1.44 bits per heavy atom. The van der Waals surface area contributed by atoms with E-state index in [9.17, 15) is 0 Å². The van der Waals surface area contributed by atoms with Crippen LogP contribution in [0.3, 0.4) is 0 Å². The van der Waals surface area contributed by atoms with Crippen LogP contribution in [-0.2, 0) is 13.0 Å². The first kappa shape index (κ1) is 11.9. The van der Waals surface area contributed by atoms with Gasteiger partial charge in [0, 0.05) is 15.0 Å². The molecular weight excluding hydrogens is 284 g/mol. The van der Waals surface area contributed by atoms with Crippen molar-refractivity contribution >= 4 is 27.3 Å². The fourth-order valence-corrected chi connectivity index (χ4v) is 3.43. The Morgan fingerprint density at radius 3 is 2.69 bits per heavy atom. The van der Waals surface area contributed by atoms with E-state index in [-0.39, 0.29) is 0 Å². The van der Waals surface area contributed by atoms with Gasteiger partial charge >= 0.3 is 0 Å². The maximum atomic E-state index is 4.60. The van der Waals surface area contributed by atoms with Crippen molar-refractivity contribution < 1.29 is 0 Å². The van der Waals surface area contributed by atoms with Crippen molar-refractivity contribution in [2.75, 3.05) is 0 Å². The smallest absolute Gasteiger partial charge is 0.0766 e. The number of hydrogen-bond donors (Lipinski definition) is 0. The number of halogens is 1. The van der Waals surface area contributed by atoms with E-state index in [4.69, 9.17) is 0 Å². The third-order valence-electron chi connectivity index (χ3n) is 2.87. The third-order valence-corrected chi connectivity index (χ3v) is 4.78. The van der Waals surface area contributed by atoms with Crippen LogP contribution in [0.5, 0.6) is 0 Å². The van der Waals surface area contributed by atoms with Gasteiger partial charge in [-0.05, 0) is 53.2 Å². The van der Waals surface area contributed by atoms with E-state index in [1.165, 1.54) is 20.6 Å². The molecule has 0 aliphatic heterocycles. The number of rotatable bonds is 3. The van der Waals surface area contributed by atoms with Crippen molar-refractivity contribution in [2.24, 2.45) is 0 Å². The molecule has 2 nitrogen and oxygen atoms in total.